The molecule has 0 aliphatic carbocycles. The van der Waals surface area contributed by atoms with Gasteiger partial charge < -0.3 is 5.32 Å². The van der Waals surface area contributed by atoms with Gasteiger partial charge in [0.1, 0.15) is 0 Å². The van der Waals surface area contributed by atoms with E-state index in [9.17, 15) is 8.78 Å². The lowest BCUT2D eigenvalue weighted by Gasteiger charge is -2.35. The first-order valence-electron chi connectivity index (χ1n) is 6.15. The van der Waals surface area contributed by atoms with E-state index in [0.717, 1.165) is 35.3 Å². The maximum absolute atomic E-state index is 12.8. The van der Waals surface area contributed by atoms with Gasteiger partial charge in [-0.05, 0) is 40.3 Å². The fraction of sp³-hybridized carbons (Fsp3) is 0.538. The summed E-state index contributed by atoms with van der Waals surface area (Å²) in [6, 6.07) is 7.73. The topological polar surface area (TPSA) is 15.3 Å². The first-order valence-corrected chi connectivity index (χ1v) is 7.23. The van der Waals surface area contributed by atoms with Crippen molar-refractivity contribution in [1.82, 2.24) is 10.2 Å². The van der Waals surface area contributed by atoms with Crippen LogP contribution >= 0.6 is 35.0 Å². The van der Waals surface area contributed by atoms with E-state index in [4.69, 9.17) is 0 Å². The third kappa shape index (κ3) is 5.13. The Kier molecular flexibility index (Phi) is 7.49. The molecule has 1 aromatic rings. The monoisotopic (exact) mass is 402 g/mol. The van der Waals surface area contributed by atoms with Gasteiger partial charge in [-0.2, -0.15) is 0 Å². The Labute approximate surface area is 132 Å². The van der Waals surface area contributed by atoms with Crippen molar-refractivity contribution >= 4 is 35.0 Å². The summed E-state index contributed by atoms with van der Waals surface area (Å²) in [6.45, 7) is 3.43. The number of benzene rings is 1. The molecular formula is C13H18ClF2IN2. The molecule has 108 valence electrons. The van der Waals surface area contributed by atoms with Crippen molar-refractivity contribution in [2.75, 3.05) is 26.2 Å². The molecule has 0 bridgehead atoms. The Morgan fingerprint density at radius 2 is 1.95 bits per heavy atom. The van der Waals surface area contributed by atoms with Crippen LogP contribution in [0.1, 0.15) is 18.0 Å². The lowest BCUT2D eigenvalue weighted by Crippen LogP contribution is -2.45. The molecule has 2 nitrogen and oxygen atoms in total. The molecule has 1 heterocycles. The third-order valence-electron chi connectivity index (χ3n) is 3.23. The maximum Gasteiger partial charge on any atom is 0.240 e. The van der Waals surface area contributed by atoms with Crippen molar-refractivity contribution in [3.05, 3.63) is 33.4 Å². The molecule has 1 aliphatic rings. The number of hydrogen-bond donors (Lipinski definition) is 1. The second-order valence-corrected chi connectivity index (χ2v) is 5.73. The van der Waals surface area contributed by atoms with Gasteiger partial charge in [-0.15, -0.1) is 12.4 Å². The van der Waals surface area contributed by atoms with Gasteiger partial charge in [0.25, 0.3) is 0 Å². The van der Waals surface area contributed by atoms with Crippen LogP contribution in [0.5, 0.6) is 0 Å². The minimum atomic E-state index is -2.26. The fourth-order valence-electron chi connectivity index (χ4n) is 2.37. The van der Waals surface area contributed by atoms with Crippen LogP contribution in [-0.4, -0.2) is 37.5 Å². The van der Waals surface area contributed by atoms with Crippen molar-refractivity contribution in [3.8, 4) is 0 Å². The van der Waals surface area contributed by atoms with Crippen LogP contribution in [0, 0.1) is 3.57 Å². The Morgan fingerprint density at radius 1 is 1.26 bits per heavy atom. The predicted octanol–water partition coefficient (Wildman–Crippen LogP) is 3.31. The molecule has 19 heavy (non-hydrogen) atoms. The van der Waals surface area contributed by atoms with Crippen molar-refractivity contribution in [1.29, 1.82) is 0 Å². The molecule has 1 aromatic carbocycles. The van der Waals surface area contributed by atoms with Crippen LogP contribution in [-0.2, 0) is 0 Å². The third-order valence-corrected chi connectivity index (χ3v) is 3.90. The average molecular weight is 403 g/mol. The second kappa shape index (κ2) is 8.34. The Bertz CT molecular complexity index is 387. The summed E-state index contributed by atoms with van der Waals surface area (Å²) >= 11 is 2.22. The van der Waals surface area contributed by atoms with Crippen molar-refractivity contribution < 1.29 is 8.78 Å². The Hall–Kier alpha value is 0.0200. The van der Waals surface area contributed by atoms with E-state index < -0.39 is 6.43 Å². The van der Waals surface area contributed by atoms with E-state index in [1.54, 1.807) is 0 Å². The zero-order valence-electron chi connectivity index (χ0n) is 10.5. The molecule has 1 atom stereocenters. The maximum atomic E-state index is 12.8. The minimum absolute atomic E-state index is 0. The van der Waals surface area contributed by atoms with Gasteiger partial charge in [-0.25, -0.2) is 8.78 Å². The molecule has 1 aliphatic heterocycles. The summed E-state index contributed by atoms with van der Waals surface area (Å²) in [5, 5.41) is 3.26. The zero-order valence-corrected chi connectivity index (χ0v) is 13.5. The smallest absolute Gasteiger partial charge is 0.240 e. The summed E-state index contributed by atoms with van der Waals surface area (Å²) in [6.07, 6.45) is -2.34. The van der Waals surface area contributed by atoms with Gasteiger partial charge in [-0.1, -0.05) is 12.1 Å². The van der Waals surface area contributed by atoms with E-state index in [0.29, 0.717) is 0 Å². The molecule has 1 saturated heterocycles. The molecule has 0 unspecified atom stereocenters. The summed E-state index contributed by atoms with van der Waals surface area (Å²) in [4.78, 5) is 2.16. The Morgan fingerprint density at radius 3 is 2.53 bits per heavy atom. The van der Waals surface area contributed by atoms with Crippen LogP contribution < -0.4 is 5.32 Å². The molecular weight excluding hydrogens is 385 g/mol. The number of piperazine rings is 1. The normalized spacial score (nSPS) is 18.1. The highest BCUT2D eigenvalue weighted by Crippen LogP contribution is 2.28. The molecule has 0 aromatic heterocycles. The fourth-order valence-corrected chi connectivity index (χ4v) is 2.94. The van der Waals surface area contributed by atoms with Gasteiger partial charge in [-0.3, -0.25) is 4.90 Å². The standard InChI is InChI=1S/C13H17F2IN2.ClH/c14-13(15)9-12(18-6-4-17-5-7-18)10-2-1-3-11(16)8-10;/h1-3,8,12-13,17H,4-7,9H2;1H/t12-;/m0./s1. The second-order valence-electron chi connectivity index (χ2n) is 4.48. The molecule has 0 saturated carbocycles. The van der Waals surface area contributed by atoms with Gasteiger partial charge in [0.2, 0.25) is 6.43 Å². The summed E-state index contributed by atoms with van der Waals surface area (Å²) in [7, 11) is 0. The highest BCUT2D eigenvalue weighted by Gasteiger charge is 2.25. The van der Waals surface area contributed by atoms with E-state index in [1.165, 1.54) is 0 Å². The number of nitrogens with one attached hydrogen (secondary N) is 1. The summed E-state index contributed by atoms with van der Waals surface area (Å²) in [5.41, 5.74) is 1.00. The highest BCUT2D eigenvalue weighted by molar-refractivity contribution is 14.1. The van der Waals surface area contributed by atoms with Crippen LogP contribution in [0.25, 0.3) is 0 Å². The number of hydrogen-bond acceptors (Lipinski definition) is 2. The average Bonchev–Trinajstić information content (AvgIpc) is 2.37. The molecule has 0 amide bonds. The van der Waals surface area contributed by atoms with E-state index >= 15 is 0 Å². The summed E-state index contributed by atoms with van der Waals surface area (Å²) in [5.74, 6) is 0. The quantitative estimate of drug-likeness (QED) is 0.778. The van der Waals surface area contributed by atoms with Crippen molar-refractivity contribution in [2.24, 2.45) is 0 Å². The zero-order chi connectivity index (χ0) is 13.0. The molecule has 2 rings (SSSR count). The number of rotatable bonds is 4. The minimum Gasteiger partial charge on any atom is -0.314 e. The van der Waals surface area contributed by atoms with E-state index in [1.807, 2.05) is 24.3 Å². The van der Waals surface area contributed by atoms with Gasteiger partial charge in [0, 0.05) is 42.2 Å². The largest absolute Gasteiger partial charge is 0.314 e. The summed E-state index contributed by atoms with van der Waals surface area (Å²) < 4.78 is 26.7. The molecule has 0 radical (unpaired) electrons. The van der Waals surface area contributed by atoms with Crippen molar-refractivity contribution in [3.63, 3.8) is 0 Å². The van der Waals surface area contributed by atoms with Gasteiger partial charge >= 0.3 is 0 Å². The van der Waals surface area contributed by atoms with E-state index in [2.05, 4.69) is 32.8 Å². The predicted molar refractivity (Wildman–Crippen MR) is 84.2 cm³/mol. The first-order chi connectivity index (χ1) is 8.66. The van der Waals surface area contributed by atoms with Crippen molar-refractivity contribution in [2.45, 2.75) is 18.9 Å². The SMILES string of the molecule is Cl.FC(F)C[C@@H](c1cccc(I)c1)N1CCNCC1. The number of halogens is 4. The Balaban J connectivity index is 0.00000180. The molecule has 6 heteroatoms. The van der Waals surface area contributed by atoms with Crippen LogP contribution in [0.3, 0.4) is 0 Å². The van der Waals surface area contributed by atoms with E-state index in [-0.39, 0.29) is 24.9 Å². The lowest BCUT2D eigenvalue weighted by atomic mass is 10.0. The van der Waals surface area contributed by atoms with Gasteiger partial charge in [0.05, 0.1) is 0 Å². The molecule has 1 fully saturated rings. The highest BCUT2D eigenvalue weighted by atomic mass is 127. The lowest BCUT2D eigenvalue weighted by molar-refractivity contribution is 0.0739. The molecule has 1 N–H and O–H groups in total. The van der Waals surface area contributed by atoms with Crippen LogP contribution in [0.2, 0.25) is 0 Å². The number of alkyl halides is 2. The van der Waals surface area contributed by atoms with Crippen LogP contribution in [0.4, 0.5) is 8.78 Å². The molecule has 0 spiro atoms. The number of nitrogens with zero attached hydrogens (tertiary/aromatic N) is 1. The van der Waals surface area contributed by atoms with Crippen LogP contribution in [0.15, 0.2) is 24.3 Å². The first kappa shape index (κ1) is 17.1. The van der Waals surface area contributed by atoms with Gasteiger partial charge in [0.15, 0.2) is 0 Å².